The number of halogens is 1. The van der Waals surface area contributed by atoms with E-state index in [1.165, 1.54) is 5.56 Å². The summed E-state index contributed by atoms with van der Waals surface area (Å²) in [5, 5.41) is 6.23. The van der Waals surface area contributed by atoms with E-state index in [1.807, 2.05) is 48.0 Å². The van der Waals surface area contributed by atoms with Crippen molar-refractivity contribution in [1.29, 1.82) is 0 Å². The monoisotopic (exact) mass is 540 g/mol. The van der Waals surface area contributed by atoms with E-state index in [4.69, 9.17) is 26.6 Å². The molecule has 0 saturated carbocycles. The summed E-state index contributed by atoms with van der Waals surface area (Å²) in [5.41, 5.74) is 5.36. The average molecular weight is 541 g/mol. The Morgan fingerprint density at radius 2 is 1.50 bits per heavy atom. The summed E-state index contributed by atoms with van der Waals surface area (Å²) in [4.78, 5) is 19.4. The highest BCUT2D eigenvalue weighted by molar-refractivity contribution is 7.17. The summed E-state index contributed by atoms with van der Waals surface area (Å²) >= 11 is 7.67. The van der Waals surface area contributed by atoms with Gasteiger partial charge >= 0.3 is 0 Å². The number of nitrogens with zero attached hydrogens (tertiary/aromatic N) is 5. The van der Waals surface area contributed by atoms with Crippen LogP contribution in [0.2, 0.25) is 5.02 Å². The smallest absolute Gasteiger partial charge is 0.162 e. The third kappa shape index (κ3) is 5.56. The first-order valence-electron chi connectivity index (χ1n) is 12.9. The van der Waals surface area contributed by atoms with E-state index in [1.54, 1.807) is 11.3 Å². The standard InChI is InChI=1S/C30H29ClN6S/c1-2-36-14-16-37(17-15-36)20-21-3-12-27(32-19-21)34-30-28-26(13-18-38-28)33-29(35-30)24-6-4-22(5-7-24)23-8-10-25(31)11-9-23/h3-13,18-19H,2,14-17,20H2,1H3,(H,32,33,34,35). The number of pyridine rings is 1. The van der Waals surface area contributed by atoms with Gasteiger partial charge in [-0.1, -0.05) is 61.0 Å². The van der Waals surface area contributed by atoms with E-state index in [0.29, 0.717) is 5.82 Å². The van der Waals surface area contributed by atoms with Gasteiger partial charge in [0.25, 0.3) is 0 Å². The second-order valence-electron chi connectivity index (χ2n) is 9.50. The summed E-state index contributed by atoms with van der Waals surface area (Å²) in [7, 11) is 0. The number of aromatic nitrogens is 3. The number of likely N-dealkylation sites (N-methyl/N-ethyl adjacent to an activating group) is 1. The molecular formula is C30H29ClN6S. The molecule has 5 aromatic rings. The first-order chi connectivity index (χ1) is 18.6. The van der Waals surface area contributed by atoms with Crippen LogP contribution in [0, 0.1) is 0 Å². The van der Waals surface area contributed by atoms with E-state index in [2.05, 4.69) is 52.4 Å². The minimum absolute atomic E-state index is 0.684. The third-order valence-electron chi connectivity index (χ3n) is 7.01. The first kappa shape index (κ1) is 24.9. The van der Waals surface area contributed by atoms with Crippen molar-refractivity contribution < 1.29 is 0 Å². The lowest BCUT2D eigenvalue weighted by Crippen LogP contribution is -2.45. The lowest BCUT2D eigenvalue weighted by molar-refractivity contribution is 0.132. The fourth-order valence-corrected chi connectivity index (χ4v) is 5.67. The van der Waals surface area contributed by atoms with Crippen molar-refractivity contribution in [2.75, 3.05) is 38.0 Å². The van der Waals surface area contributed by atoms with E-state index in [-0.39, 0.29) is 0 Å². The number of fused-ring (bicyclic) bond motifs is 1. The van der Waals surface area contributed by atoms with E-state index < -0.39 is 0 Å². The van der Waals surface area contributed by atoms with Crippen LogP contribution in [0.25, 0.3) is 32.7 Å². The summed E-state index contributed by atoms with van der Waals surface area (Å²) in [5.74, 6) is 2.24. The Morgan fingerprint density at radius 1 is 0.816 bits per heavy atom. The molecule has 0 atom stereocenters. The van der Waals surface area contributed by atoms with E-state index in [9.17, 15) is 0 Å². The molecule has 1 aliphatic heterocycles. The molecule has 0 spiro atoms. The maximum atomic E-state index is 6.04. The van der Waals surface area contributed by atoms with Gasteiger partial charge in [0, 0.05) is 49.5 Å². The van der Waals surface area contributed by atoms with Gasteiger partial charge in [-0.05, 0) is 52.9 Å². The average Bonchev–Trinajstić information content (AvgIpc) is 3.44. The van der Waals surface area contributed by atoms with Crippen molar-refractivity contribution in [2.45, 2.75) is 13.5 Å². The molecule has 0 bridgehead atoms. The Balaban J connectivity index is 1.19. The number of hydrogen-bond acceptors (Lipinski definition) is 7. The van der Waals surface area contributed by atoms with Crippen LogP contribution in [-0.4, -0.2) is 57.5 Å². The van der Waals surface area contributed by atoms with Crippen LogP contribution < -0.4 is 5.32 Å². The van der Waals surface area contributed by atoms with E-state index in [0.717, 1.165) is 82.8 Å². The van der Waals surface area contributed by atoms with Crippen molar-refractivity contribution in [3.05, 3.63) is 88.9 Å². The van der Waals surface area contributed by atoms with E-state index >= 15 is 0 Å². The highest BCUT2D eigenvalue weighted by Gasteiger charge is 2.16. The van der Waals surface area contributed by atoms with Gasteiger partial charge in [-0.2, -0.15) is 0 Å². The number of anilines is 2. The zero-order chi connectivity index (χ0) is 25.9. The lowest BCUT2D eigenvalue weighted by atomic mass is 10.0. The highest BCUT2D eigenvalue weighted by atomic mass is 35.5. The minimum Gasteiger partial charge on any atom is -0.324 e. The van der Waals surface area contributed by atoms with Crippen LogP contribution in [-0.2, 0) is 6.54 Å². The van der Waals surface area contributed by atoms with Gasteiger partial charge in [-0.25, -0.2) is 15.0 Å². The van der Waals surface area contributed by atoms with Crippen molar-refractivity contribution in [3.63, 3.8) is 0 Å². The van der Waals surface area contributed by atoms with Gasteiger partial charge in [0.2, 0.25) is 0 Å². The minimum atomic E-state index is 0.684. The van der Waals surface area contributed by atoms with Gasteiger partial charge < -0.3 is 10.2 Å². The molecule has 192 valence electrons. The molecule has 38 heavy (non-hydrogen) atoms. The number of hydrogen-bond donors (Lipinski definition) is 1. The van der Waals surface area contributed by atoms with Crippen molar-refractivity contribution in [1.82, 2.24) is 24.8 Å². The summed E-state index contributed by atoms with van der Waals surface area (Å²) in [6, 6.07) is 22.4. The van der Waals surface area contributed by atoms with Gasteiger partial charge in [0.1, 0.15) is 5.82 Å². The first-order valence-corrected chi connectivity index (χ1v) is 14.2. The maximum Gasteiger partial charge on any atom is 0.162 e. The molecule has 1 saturated heterocycles. The summed E-state index contributed by atoms with van der Waals surface area (Å²) in [6.07, 6.45) is 1.97. The van der Waals surface area contributed by atoms with Crippen molar-refractivity contribution in [2.24, 2.45) is 0 Å². The van der Waals surface area contributed by atoms with Crippen LogP contribution in [0.3, 0.4) is 0 Å². The molecule has 6 nitrogen and oxygen atoms in total. The van der Waals surface area contributed by atoms with Gasteiger partial charge in [0.05, 0.1) is 10.2 Å². The lowest BCUT2D eigenvalue weighted by Gasteiger charge is -2.33. The second-order valence-corrected chi connectivity index (χ2v) is 10.9. The number of nitrogens with one attached hydrogen (secondary N) is 1. The molecule has 4 heterocycles. The topological polar surface area (TPSA) is 57.2 Å². The summed E-state index contributed by atoms with van der Waals surface area (Å²) < 4.78 is 1.02. The maximum absolute atomic E-state index is 6.04. The Morgan fingerprint density at radius 3 is 2.18 bits per heavy atom. The molecule has 0 aliphatic carbocycles. The molecule has 1 N–H and O–H groups in total. The fraction of sp³-hybridized carbons (Fsp3) is 0.233. The number of benzene rings is 2. The fourth-order valence-electron chi connectivity index (χ4n) is 4.77. The Kier molecular flexibility index (Phi) is 7.33. The second kappa shape index (κ2) is 11.2. The van der Waals surface area contributed by atoms with Crippen molar-refractivity contribution >= 4 is 44.8 Å². The molecule has 3 aromatic heterocycles. The van der Waals surface area contributed by atoms with Gasteiger partial charge in [0.15, 0.2) is 11.6 Å². The van der Waals surface area contributed by atoms with Crippen LogP contribution in [0.1, 0.15) is 12.5 Å². The summed E-state index contributed by atoms with van der Waals surface area (Å²) in [6.45, 7) is 8.79. The van der Waals surface area contributed by atoms with Gasteiger partial charge in [-0.15, -0.1) is 11.3 Å². The molecule has 6 rings (SSSR count). The SMILES string of the molecule is CCN1CCN(Cc2ccc(Nc3nc(-c4ccc(-c5ccc(Cl)cc5)cc4)nc4ccsc34)nc2)CC1. The zero-order valence-corrected chi connectivity index (χ0v) is 22.8. The quantitative estimate of drug-likeness (QED) is 0.241. The molecular weight excluding hydrogens is 512 g/mol. The van der Waals surface area contributed by atoms with Crippen LogP contribution in [0.4, 0.5) is 11.6 Å². The predicted molar refractivity (Wildman–Crippen MR) is 158 cm³/mol. The largest absolute Gasteiger partial charge is 0.324 e. The molecule has 0 amide bonds. The van der Waals surface area contributed by atoms with Gasteiger partial charge in [-0.3, -0.25) is 4.90 Å². The molecule has 1 fully saturated rings. The Bertz CT molecular complexity index is 1510. The third-order valence-corrected chi connectivity index (χ3v) is 8.18. The highest BCUT2D eigenvalue weighted by Crippen LogP contribution is 2.31. The Hall–Kier alpha value is -3.36. The number of thiophene rings is 1. The zero-order valence-electron chi connectivity index (χ0n) is 21.3. The molecule has 0 radical (unpaired) electrons. The van der Waals surface area contributed by atoms with Crippen molar-refractivity contribution in [3.8, 4) is 22.5 Å². The normalized spacial score (nSPS) is 14.7. The van der Waals surface area contributed by atoms with Crippen LogP contribution in [0.15, 0.2) is 78.3 Å². The molecule has 0 unspecified atom stereocenters. The molecule has 8 heteroatoms. The number of rotatable bonds is 7. The molecule has 1 aliphatic rings. The number of piperazine rings is 1. The molecule has 2 aromatic carbocycles. The van der Waals surface area contributed by atoms with Crippen LogP contribution >= 0.6 is 22.9 Å². The van der Waals surface area contributed by atoms with Crippen LogP contribution in [0.5, 0.6) is 0 Å². The predicted octanol–water partition coefficient (Wildman–Crippen LogP) is 6.95. The Labute approximate surface area is 232 Å².